The van der Waals surface area contributed by atoms with Crippen molar-refractivity contribution in [1.29, 1.82) is 5.26 Å². The summed E-state index contributed by atoms with van der Waals surface area (Å²) in [5, 5.41) is 11.1. The Kier molecular flexibility index (Phi) is 4.75. The maximum atomic E-state index is 13.2. The zero-order valence-electron chi connectivity index (χ0n) is 10.8. The van der Waals surface area contributed by atoms with E-state index >= 15 is 0 Å². The van der Waals surface area contributed by atoms with Crippen LogP contribution in [0.2, 0.25) is 5.02 Å². The third-order valence-corrected chi connectivity index (χ3v) is 2.92. The maximum Gasteiger partial charge on any atom is 0.411 e. The lowest BCUT2D eigenvalue weighted by atomic mass is 10.2. The number of nitrogens with zero attached hydrogens (tertiary/aromatic N) is 1. The van der Waals surface area contributed by atoms with Crippen LogP contribution in [0.5, 0.6) is 0 Å². The summed E-state index contributed by atoms with van der Waals surface area (Å²) < 4.78 is 18.2. The molecule has 2 aromatic carbocycles. The summed E-state index contributed by atoms with van der Waals surface area (Å²) in [6.07, 6.45) is -0.752. The van der Waals surface area contributed by atoms with Gasteiger partial charge in [-0.2, -0.15) is 5.26 Å². The summed E-state index contributed by atoms with van der Waals surface area (Å²) in [6.45, 7) is 0.0868. The third kappa shape index (κ3) is 3.94. The van der Waals surface area contributed by atoms with E-state index in [2.05, 4.69) is 5.32 Å². The molecule has 21 heavy (non-hydrogen) atoms. The fourth-order valence-electron chi connectivity index (χ4n) is 1.61. The summed E-state index contributed by atoms with van der Waals surface area (Å²) >= 11 is 5.62. The topological polar surface area (TPSA) is 62.1 Å². The standard InChI is InChI=1S/C15H10ClFN2O2/c16-12-7-14(11(8-18)6-13(12)17)19-15(20)21-9-10-4-2-1-3-5-10/h1-7H,9H2,(H,19,20). The van der Waals surface area contributed by atoms with Gasteiger partial charge >= 0.3 is 6.09 Å². The maximum absolute atomic E-state index is 13.2. The number of rotatable bonds is 3. The molecule has 0 saturated carbocycles. The lowest BCUT2D eigenvalue weighted by Crippen LogP contribution is -2.14. The highest BCUT2D eigenvalue weighted by molar-refractivity contribution is 6.31. The van der Waals surface area contributed by atoms with Crippen LogP contribution in [0.1, 0.15) is 11.1 Å². The first kappa shape index (κ1) is 14.8. The number of carbonyl (C=O) groups excluding carboxylic acids is 1. The molecular formula is C15H10ClFN2O2. The van der Waals surface area contributed by atoms with Crippen molar-refractivity contribution in [1.82, 2.24) is 0 Å². The Morgan fingerprint density at radius 3 is 2.71 bits per heavy atom. The molecule has 1 amide bonds. The predicted molar refractivity (Wildman–Crippen MR) is 76.4 cm³/mol. The molecule has 0 fully saturated rings. The highest BCUT2D eigenvalue weighted by Gasteiger charge is 2.12. The molecule has 6 heteroatoms. The van der Waals surface area contributed by atoms with E-state index in [1.54, 1.807) is 6.07 Å². The molecule has 0 aliphatic heterocycles. The highest BCUT2D eigenvalue weighted by Crippen LogP contribution is 2.24. The number of hydrogen-bond donors (Lipinski definition) is 1. The number of amides is 1. The molecule has 0 bridgehead atoms. The number of benzene rings is 2. The number of nitriles is 1. The molecule has 2 aromatic rings. The van der Waals surface area contributed by atoms with E-state index in [9.17, 15) is 9.18 Å². The third-order valence-electron chi connectivity index (χ3n) is 2.63. The van der Waals surface area contributed by atoms with Gasteiger partial charge in [0.05, 0.1) is 16.3 Å². The monoisotopic (exact) mass is 304 g/mol. The zero-order chi connectivity index (χ0) is 15.2. The van der Waals surface area contributed by atoms with Crippen molar-refractivity contribution in [2.45, 2.75) is 6.61 Å². The minimum Gasteiger partial charge on any atom is -0.444 e. The highest BCUT2D eigenvalue weighted by atomic mass is 35.5. The number of hydrogen-bond acceptors (Lipinski definition) is 3. The second-order valence-corrected chi connectivity index (χ2v) is 4.52. The second-order valence-electron chi connectivity index (χ2n) is 4.11. The molecule has 0 saturated heterocycles. The van der Waals surface area contributed by atoms with Gasteiger partial charge in [-0.1, -0.05) is 41.9 Å². The van der Waals surface area contributed by atoms with E-state index in [0.29, 0.717) is 0 Å². The van der Waals surface area contributed by atoms with E-state index in [4.69, 9.17) is 21.6 Å². The fraction of sp³-hybridized carbons (Fsp3) is 0.0667. The Balaban J connectivity index is 2.03. The minimum absolute atomic E-state index is 0.0337. The summed E-state index contributed by atoms with van der Waals surface area (Å²) in [6, 6.07) is 13.0. The van der Waals surface area contributed by atoms with Crippen molar-refractivity contribution in [2.75, 3.05) is 5.32 Å². The summed E-state index contributed by atoms with van der Waals surface area (Å²) in [5.41, 5.74) is 0.890. The quantitative estimate of drug-likeness (QED) is 0.928. The minimum atomic E-state index is -0.752. The summed E-state index contributed by atoms with van der Waals surface area (Å²) in [7, 11) is 0. The van der Waals surface area contributed by atoms with Crippen LogP contribution in [-0.4, -0.2) is 6.09 Å². The van der Waals surface area contributed by atoms with E-state index in [-0.39, 0.29) is 22.9 Å². The van der Waals surface area contributed by atoms with Gasteiger partial charge < -0.3 is 4.74 Å². The van der Waals surface area contributed by atoms with Crippen LogP contribution in [0, 0.1) is 17.1 Å². The Labute approximate surface area is 125 Å². The van der Waals surface area contributed by atoms with Gasteiger partial charge in [-0.15, -0.1) is 0 Å². The Hall–Kier alpha value is -2.58. The van der Waals surface area contributed by atoms with Crippen LogP contribution in [0.15, 0.2) is 42.5 Å². The van der Waals surface area contributed by atoms with E-state index in [0.717, 1.165) is 11.6 Å². The van der Waals surface area contributed by atoms with Crippen molar-refractivity contribution in [3.63, 3.8) is 0 Å². The van der Waals surface area contributed by atoms with Crippen molar-refractivity contribution < 1.29 is 13.9 Å². The average molecular weight is 305 g/mol. The fourth-order valence-corrected chi connectivity index (χ4v) is 1.78. The molecule has 0 atom stereocenters. The van der Waals surface area contributed by atoms with Gasteiger partial charge in [-0.25, -0.2) is 9.18 Å². The molecule has 0 aliphatic rings. The van der Waals surface area contributed by atoms with E-state index < -0.39 is 11.9 Å². The van der Waals surface area contributed by atoms with Gasteiger partial charge in [0.25, 0.3) is 0 Å². The Morgan fingerprint density at radius 2 is 2.05 bits per heavy atom. The Bertz CT molecular complexity index is 699. The van der Waals surface area contributed by atoms with Crippen LogP contribution in [0.4, 0.5) is 14.9 Å². The second kappa shape index (κ2) is 6.73. The largest absolute Gasteiger partial charge is 0.444 e. The van der Waals surface area contributed by atoms with Crippen LogP contribution in [0.3, 0.4) is 0 Å². The number of halogens is 2. The molecule has 4 nitrogen and oxygen atoms in total. The first-order chi connectivity index (χ1) is 10.1. The van der Waals surface area contributed by atoms with Crippen molar-refractivity contribution >= 4 is 23.4 Å². The molecule has 0 aromatic heterocycles. The number of anilines is 1. The molecule has 0 radical (unpaired) electrons. The molecular weight excluding hydrogens is 295 g/mol. The van der Waals surface area contributed by atoms with Crippen molar-refractivity contribution in [2.24, 2.45) is 0 Å². The molecule has 0 aliphatic carbocycles. The van der Waals surface area contributed by atoms with Gasteiger partial charge in [0.2, 0.25) is 0 Å². The number of carbonyl (C=O) groups is 1. The Morgan fingerprint density at radius 1 is 1.33 bits per heavy atom. The molecule has 106 valence electrons. The van der Waals surface area contributed by atoms with Crippen molar-refractivity contribution in [3.05, 3.63) is 64.4 Å². The van der Waals surface area contributed by atoms with Gasteiger partial charge in [0.1, 0.15) is 18.5 Å². The summed E-state index contributed by atoms with van der Waals surface area (Å²) in [4.78, 5) is 11.7. The first-order valence-corrected chi connectivity index (χ1v) is 6.35. The van der Waals surface area contributed by atoms with E-state index in [1.165, 1.54) is 6.07 Å². The molecule has 0 heterocycles. The molecule has 0 spiro atoms. The van der Waals surface area contributed by atoms with E-state index in [1.807, 2.05) is 30.3 Å². The first-order valence-electron chi connectivity index (χ1n) is 5.97. The van der Waals surface area contributed by atoms with Crippen molar-refractivity contribution in [3.8, 4) is 6.07 Å². The predicted octanol–water partition coefficient (Wildman–Crippen LogP) is 4.10. The normalized spacial score (nSPS) is 9.76. The van der Waals surface area contributed by atoms with Gasteiger partial charge in [0.15, 0.2) is 0 Å². The lowest BCUT2D eigenvalue weighted by molar-refractivity contribution is 0.155. The molecule has 2 rings (SSSR count). The zero-order valence-corrected chi connectivity index (χ0v) is 11.5. The van der Waals surface area contributed by atoms with Gasteiger partial charge in [-0.3, -0.25) is 5.32 Å². The van der Waals surface area contributed by atoms with Crippen LogP contribution in [0.25, 0.3) is 0 Å². The van der Waals surface area contributed by atoms with Gasteiger partial charge in [0, 0.05) is 0 Å². The SMILES string of the molecule is N#Cc1cc(F)c(Cl)cc1NC(=O)OCc1ccccc1. The average Bonchev–Trinajstić information content (AvgIpc) is 2.49. The number of ether oxygens (including phenoxy) is 1. The van der Waals surface area contributed by atoms with Crippen LogP contribution < -0.4 is 5.32 Å². The van der Waals surface area contributed by atoms with Crippen LogP contribution in [-0.2, 0) is 11.3 Å². The van der Waals surface area contributed by atoms with Gasteiger partial charge in [-0.05, 0) is 17.7 Å². The number of nitrogens with one attached hydrogen (secondary N) is 1. The van der Waals surface area contributed by atoms with Crippen LogP contribution >= 0.6 is 11.6 Å². The lowest BCUT2D eigenvalue weighted by Gasteiger charge is -2.09. The summed E-state index contributed by atoms with van der Waals surface area (Å²) in [5.74, 6) is -0.726. The smallest absolute Gasteiger partial charge is 0.411 e. The molecule has 1 N–H and O–H groups in total. The molecule has 0 unspecified atom stereocenters.